The summed E-state index contributed by atoms with van der Waals surface area (Å²) >= 11 is 0. The quantitative estimate of drug-likeness (QED) is 0.879. The van der Waals surface area contributed by atoms with Gasteiger partial charge in [0.05, 0.1) is 14.2 Å². The van der Waals surface area contributed by atoms with Gasteiger partial charge in [-0.1, -0.05) is 24.3 Å². The van der Waals surface area contributed by atoms with Crippen LogP contribution < -0.4 is 19.9 Å². The molecule has 0 amide bonds. The normalized spacial score (nSPS) is 11.8. The van der Waals surface area contributed by atoms with E-state index in [9.17, 15) is 0 Å². The van der Waals surface area contributed by atoms with Crippen molar-refractivity contribution in [2.75, 3.05) is 20.8 Å². The van der Waals surface area contributed by atoms with Crippen LogP contribution in [0.5, 0.6) is 17.2 Å². The highest BCUT2D eigenvalue weighted by atomic mass is 16.5. The molecule has 0 radical (unpaired) electrons. The highest BCUT2D eigenvalue weighted by Crippen LogP contribution is 2.30. The fourth-order valence-corrected chi connectivity index (χ4v) is 1.94. The summed E-state index contributed by atoms with van der Waals surface area (Å²) in [7, 11) is 3.26. The van der Waals surface area contributed by atoms with Gasteiger partial charge in [-0.2, -0.15) is 0 Å². The molecule has 0 bridgehead atoms. The van der Waals surface area contributed by atoms with Gasteiger partial charge in [-0.3, -0.25) is 0 Å². The summed E-state index contributed by atoms with van der Waals surface area (Å²) in [6, 6.07) is 15.2. The van der Waals surface area contributed by atoms with Gasteiger partial charge in [0.25, 0.3) is 0 Å². The second-order valence-corrected chi connectivity index (χ2v) is 4.27. The van der Waals surface area contributed by atoms with Crippen LogP contribution in [-0.2, 0) is 0 Å². The molecule has 4 nitrogen and oxygen atoms in total. The molecule has 0 fully saturated rings. The first-order valence-electron chi connectivity index (χ1n) is 6.42. The standard InChI is InChI=1S/C16H19NO3/c1-18-13-9-7-12(8-10-13)16(11-17)20-15-6-4-3-5-14(15)19-2/h3-10,16H,11,17H2,1-2H3. The lowest BCUT2D eigenvalue weighted by Crippen LogP contribution is -2.18. The van der Waals surface area contributed by atoms with Crippen LogP contribution in [-0.4, -0.2) is 20.8 Å². The van der Waals surface area contributed by atoms with Crippen LogP contribution in [0.3, 0.4) is 0 Å². The third kappa shape index (κ3) is 3.22. The Balaban J connectivity index is 2.19. The molecule has 0 aliphatic heterocycles. The van der Waals surface area contributed by atoms with Crippen molar-refractivity contribution < 1.29 is 14.2 Å². The van der Waals surface area contributed by atoms with E-state index in [2.05, 4.69) is 0 Å². The summed E-state index contributed by atoms with van der Waals surface area (Å²) in [6.07, 6.45) is -0.225. The van der Waals surface area contributed by atoms with E-state index in [1.54, 1.807) is 14.2 Å². The van der Waals surface area contributed by atoms with Crippen molar-refractivity contribution >= 4 is 0 Å². The van der Waals surface area contributed by atoms with Gasteiger partial charge in [-0.05, 0) is 29.8 Å². The van der Waals surface area contributed by atoms with Gasteiger partial charge in [-0.15, -0.1) is 0 Å². The predicted octanol–water partition coefficient (Wildman–Crippen LogP) is 2.78. The Bertz CT molecular complexity index is 540. The monoisotopic (exact) mass is 273 g/mol. The molecule has 106 valence electrons. The van der Waals surface area contributed by atoms with Gasteiger partial charge >= 0.3 is 0 Å². The molecule has 1 atom stereocenters. The molecule has 0 spiro atoms. The lowest BCUT2D eigenvalue weighted by atomic mass is 10.1. The minimum Gasteiger partial charge on any atom is -0.497 e. The molecule has 2 N–H and O–H groups in total. The third-order valence-electron chi connectivity index (χ3n) is 3.04. The molecule has 0 aliphatic rings. The summed E-state index contributed by atoms with van der Waals surface area (Å²) in [5.74, 6) is 2.18. The average Bonchev–Trinajstić information content (AvgIpc) is 2.53. The van der Waals surface area contributed by atoms with Gasteiger partial charge in [0, 0.05) is 6.54 Å². The number of methoxy groups -OCH3 is 2. The summed E-state index contributed by atoms with van der Waals surface area (Å²) in [4.78, 5) is 0. The average molecular weight is 273 g/mol. The van der Waals surface area contributed by atoms with Gasteiger partial charge in [0.15, 0.2) is 11.5 Å². The Morgan fingerprint density at radius 2 is 1.55 bits per heavy atom. The summed E-state index contributed by atoms with van der Waals surface area (Å²) in [6.45, 7) is 0.379. The molecule has 4 heteroatoms. The topological polar surface area (TPSA) is 53.7 Å². The molecule has 2 aromatic carbocycles. The van der Waals surface area contributed by atoms with E-state index < -0.39 is 0 Å². The zero-order valence-electron chi connectivity index (χ0n) is 11.7. The van der Waals surface area contributed by atoms with E-state index in [-0.39, 0.29) is 6.10 Å². The van der Waals surface area contributed by atoms with Crippen LogP contribution >= 0.6 is 0 Å². The molecule has 0 saturated carbocycles. The second kappa shape index (κ2) is 6.82. The maximum Gasteiger partial charge on any atom is 0.162 e. The fourth-order valence-electron chi connectivity index (χ4n) is 1.94. The lowest BCUT2D eigenvalue weighted by molar-refractivity contribution is 0.204. The molecule has 0 aliphatic carbocycles. The highest BCUT2D eigenvalue weighted by Gasteiger charge is 2.14. The van der Waals surface area contributed by atoms with Crippen LogP contribution in [0.15, 0.2) is 48.5 Å². The number of ether oxygens (including phenoxy) is 3. The molecule has 1 unspecified atom stereocenters. The lowest BCUT2D eigenvalue weighted by Gasteiger charge is -2.19. The van der Waals surface area contributed by atoms with E-state index in [1.165, 1.54) is 0 Å². The predicted molar refractivity (Wildman–Crippen MR) is 78.4 cm³/mol. The van der Waals surface area contributed by atoms with E-state index in [0.717, 1.165) is 11.3 Å². The zero-order valence-corrected chi connectivity index (χ0v) is 11.7. The van der Waals surface area contributed by atoms with E-state index in [4.69, 9.17) is 19.9 Å². The molecular formula is C16H19NO3. The van der Waals surface area contributed by atoms with Crippen molar-refractivity contribution in [1.82, 2.24) is 0 Å². The minimum atomic E-state index is -0.225. The second-order valence-electron chi connectivity index (χ2n) is 4.27. The summed E-state index contributed by atoms with van der Waals surface area (Å²) < 4.78 is 16.4. The van der Waals surface area contributed by atoms with Crippen LogP contribution in [0.4, 0.5) is 0 Å². The molecule has 0 saturated heterocycles. The highest BCUT2D eigenvalue weighted by molar-refractivity contribution is 5.40. The maximum atomic E-state index is 5.95. The Hall–Kier alpha value is -2.20. The summed E-state index contributed by atoms with van der Waals surface area (Å²) in [5.41, 5.74) is 6.82. The van der Waals surface area contributed by atoms with Crippen LogP contribution in [0.1, 0.15) is 11.7 Å². The van der Waals surface area contributed by atoms with Crippen molar-refractivity contribution in [2.24, 2.45) is 5.73 Å². The Morgan fingerprint density at radius 3 is 2.10 bits per heavy atom. The Labute approximate surface area is 119 Å². The first-order valence-corrected chi connectivity index (χ1v) is 6.42. The smallest absolute Gasteiger partial charge is 0.162 e. The summed E-state index contributed by atoms with van der Waals surface area (Å²) in [5, 5.41) is 0. The molecule has 20 heavy (non-hydrogen) atoms. The zero-order chi connectivity index (χ0) is 14.4. The molecule has 0 aromatic heterocycles. The van der Waals surface area contributed by atoms with Gasteiger partial charge in [0.2, 0.25) is 0 Å². The minimum absolute atomic E-state index is 0.225. The molecular weight excluding hydrogens is 254 g/mol. The van der Waals surface area contributed by atoms with Gasteiger partial charge < -0.3 is 19.9 Å². The number of rotatable bonds is 6. The van der Waals surface area contributed by atoms with Crippen LogP contribution in [0, 0.1) is 0 Å². The number of hydrogen-bond acceptors (Lipinski definition) is 4. The molecule has 2 rings (SSSR count). The van der Waals surface area contributed by atoms with Gasteiger partial charge in [0.1, 0.15) is 11.9 Å². The van der Waals surface area contributed by atoms with E-state index in [0.29, 0.717) is 18.0 Å². The van der Waals surface area contributed by atoms with Crippen LogP contribution in [0.25, 0.3) is 0 Å². The molecule has 0 heterocycles. The SMILES string of the molecule is COc1ccc(C(CN)Oc2ccccc2OC)cc1. The van der Waals surface area contributed by atoms with Crippen molar-refractivity contribution in [2.45, 2.75) is 6.10 Å². The molecule has 2 aromatic rings. The third-order valence-corrected chi connectivity index (χ3v) is 3.04. The first kappa shape index (κ1) is 14.2. The first-order chi connectivity index (χ1) is 9.78. The van der Waals surface area contributed by atoms with Crippen molar-refractivity contribution in [1.29, 1.82) is 0 Å². The van der Waals surface area contributed by atoms with E-state index >= 15 is 0 Å². The van der Waals surface area contributed by atoms with Crippen molar-refractivity contribution in [3.8, 4) is 17.2 Å². The number of benzene rings is 2. The number of para-hydroxylation sites is 2. The van der Waals surface area contributed by atoms with Gasteiger partial charge in [-0.25, -0.2) is 0 Å². The number of hydrogen-bond donors (Lipinski definition) is 1. The largest absolute Gasteiger partial charge is 0.497 e. The number of nitrogens with two attached hydrogens (primary N) is 1. The van der Waals surface area contributed by atoms with Crippen LogP contribution in [0.2, 0.25) is 0 Å². The van der Waals surface area contributed by atoms with Crippen molar-refractivity contribution in [3.63, 3.8) is 0 Å². The Morgan fingerprint density at radius 1 is 0.900 bits per heavy atom. The van der Waals surface area contributed by atoms with Crippen molar-refractivity contribution in [3.05, 3.63) is 54.1 Å². The fraction of sp³-hybridized carbons (Fsp3) is 0.250. The maximum absolute atomic E-state index is 5.95. The van der Waals surface area contributed by atoms with E-state index in [1.807, 2.05) is 48.5 Å². The Kier molecular flexibility index (Phi) is 4.85.